The summed E-state index contributed by atoms with van der Waals surface area (Å²) in [7, 11) is 6.87. The first-order chi connectivity index (χ1) is 6.95. The molecular formula is C14H32N+. The highest BCUT2D eigenvalue weighted by atomic mass is 15.3. The van der Waals surface area contributed by atoms with Gasteiger partial charge in [-0.3, -0.25) is 0 Å². The van der Waals surface area contributed by atoms with Crippen LogP contribution in [0.4, 0.5) is 0 Å². The predicted molar refractivity (Wildman–Crippen MR) is 70.1 cm³/mol. The van der Waals surface area contributed by atoms with Crippen molar-refractivity contribution in [3.8, 4) is 0 Å². The molecule has 0 saturated carbocycles. The van der Waals surface area contributed by atoms with Gasteiger partial charge < -0.3 is 4.48 Å². The van der Waals surface area contributed by atoms with Gasteiger partial charge in [0.05, 0.1) is 27.7 Å². The third kappa shape index (κ3) is 11.9. The Kier molecular flexibility index (Phi) is 8.13. The fourth-order valence-corrected chi connectivity index (χ4v) is 2.30. The van der Waals surface area contributed by atoms with Crippen molar-refractivity contribution in [2.24, 2.45) is 5.92 Å². The average molecular weight is 214 g/mol. The molecule has 0 saturated heterocycles. The van der Waals surface area contributed by atoms with Gasteiger partial charge in [-0.2, -0.15) is 0 Å². The first-order valence-corrected chi connectivity index (χ1v) is 6.76. The number of nitrogens with zero attached hydrogens (tertiary/aromatic N) is 1. The fourth-order valence-electron chi connectivity index (χ4n) is 2.30. The van der Waals surface area contributed by atoms with Crippen LogP contribution in [0.5, 0.6) is 0 Å². The first-order valence-electron chi connectivity index (χ1n) is 6.76. The summed E-state index contributed by atoms with van der Waals surface area (Å²) < 4.78 is 1.11. The van der Waals surface area contributed by atoms with Crippen LogP contribution in [0.25, 0.3) is 0 Å². The van der Waals surface area contributed by atoms with E-state index in [4.69, 9.17) is 0 Å². The molecule has 1 nitrogen and oxygen atoms in total. The number of rotatable bonds is 9. The Morgan fingerprint density at radius 2 is 1.40 bits per heavy atom. The lowest BCUT2D eigenvalue weighted by atomic mass is 10.0. The second-order valence-electron chi connectivity index (χ2n) is 6.13. The SMILES string of the molecule is CCCCCCCCC(C)C[N+](C)(C)C. The molecule has 0 N–H and O–H groups in total. The minimum Gasteiger partial charge on any atom is -0.331 e. The number of quaternary nitrogens is 1. The largest absolute Gasteiger partial charge is 0.331 e. The van der Waals surface area contributed by atoms with Crippen LogP contribution in [0.3, 0.4) is 0 Å². The molecule has 0 aliphatic heterocycles. The van der Waals surface area contributed by atoms with Crippen LogP contribution in [0.1, 0.15) is 58.8 Å². The van der Waals surface area contributed by atoms with Crippen LogP contribution < -0.4 is 0 Å². The van der Waals surface area contributed by atoms with Crippen molar-refractivity contribution in [1.82, 2.24) is 0 Å². The molecule has 0 spiro atoms. The molecule has 0 aliphatic carbocycles. The molecule has 1 atom stereocenters. The molecule has 0 aromatic carbocycles. The summed E-state index contributed by atoms with van der Waals surface area (Å²) in [5.74, 6) is 0.885. The van der Waals surface area contributed by atoms with Gasteiger partial charge in [0.2, 0.25) is 0 Å². The lowest BCUT2D eigenvalue weighted by molar-refractivity contribution is -0.873. The van der Waals surface area contributed by atoms with Crippen molar-refractivity contribution in [2.75, 3.05) is 27.7 Å². The summed E-state index contributed by atoms with van der Waals surface area (Å²) in [6, 6.07) is 0. The van der Waals surface area contributed by atoms with Crippen molar-refractivity contribution >= 4 is 0 Å². The molecular weight excluding hydrogens is 182 g/mol. The quantitative estimate of drug-likeness (QED) is 0.401. The topological polar surface area (TPSA) is 0 Å². The van der Waals surface area contributed by atoms with Gasteiger partial charge in [-0.05, 0) is 6.42 Å². The summed E-state index contributed by atoms with van der Waals surface area (Å²) in [5.41, 5.74) is 0. The summed E-state index contributed by atoms with van der Waals surface area (Å²) in [6.07, 6.45) is 9.98. The molecule has 1 unspecified atom stereocenters. The molecule has 0 amide bonds. The Bertz CT molecular complexity index is 135. The monoisotopic (exact) mass is 214 g/mol. The second kappa shape index (κ2) is 8.15. The Morgan fingerprint density at radius 1 is 0.867 bits per heavy atom. The van der Waals surface area contributed by atoms with Gasteiger partial charge in [0, 0.05) is 5.92 Å². The highest BCUT2D eigenvalue weighted by molar-refractivity contribution is 4.52. The van der Waals surface area contributed by atoms with Crippen molar-refractivity contribution in [3.05, 3.63) is 0 Å². The normalized spacial score (nSPS) is 14.2. The van der Waals surface area contributed by atoms with E-state index in [-0.39, 0.29) is 0 Å². The fraction of sp³-hybridized carbons (Fsp3) is 1.00. The molecule has 0 bridgehead atoms. The molecule has 92 valence electrons. The van der Waals surface area contributed by atoms with Gasteiger partial charge >= 0.3 is 0 Å². The molecule has 0 radical (unpaired) electrons. The number of hydrogen-bond donors (Lipinski definition) is 0. The van der Waals surface area contributed by atoms with Crippen LogP contribution in [0.15, 0.2) is 0 Å². The van der Waals surface area contributed by atoms with E-state index in [9.17, 15) is 0 Å². The lowest BCUT2D eigenvalue weighted by Gasteiger charge is -2.27. The molecule has 0 aromatic rings. The van der Waals surface area contributed by atoms with Gasteiger partial charge in [-0.15, -0.1) is 0 Å². The number of hydrogen-bond acceptors (Lipinski definition) is 0. The molecule has 0 fully saturated rings. The highest BCUT2D eigenvalue weighted by Gasteiger charge is 2.12. The van der Waals surface area contributed by atoms with E-state index in [0.29, 0.717) is 0 Å². The maximum absolute atomic E-state index is 2.40. The third-order valence-electron chi connectivity index (χ3n) is 2.91. The van der Waals surface area contributed by atoms with Crippen LogP contribution in [0, 0.1) is 5.92 Å². The lowest BCUT2D eigenvalue weighted by Crippen LogP contribution is -2.38. The maximum Gasteiger partial charge on any atom is 0.0806 e. The van der Waals surface area contributed by atoms with E-state index in [1.54, 1.807) is 0 Å². The van der Waals surface area contributed by atoms with E-state index in [2.05, 4.69) is 35.0 Å². The van der Waals surface area contributed by atoms with Crippen LogP contribution in [-0.2, 0) is 0 Å². The number of unbranched alkanes of at least 4 members (excludes halogenated alkanes) is 5. The predicted octanol–water partition coefficient (Wildman–Crippen LogP) is 4.08. The first kappa shape index (κ1) is 15.0. The molecule has 15 heavy (non-hydrogen) atoms. The van der Waals surface area contributed by atoms with E-state index in [0.717, 1.165) is 10.4 Å². The molecule has 0 rings (SSSR count). The summed E-state index contributed by atoms with van der Waals surface area (Å²) >= 11 is 0. The van der Waals surface area contributed by atoms with Crippen LogP contribution in [0.2, 0.25) is 0 Å². The van der Waals surface area contributed by atoms with Crippen molar-refractivity contribution < 1.29 is 4.48 Å². The molecule has 0 aromatic heterocycles. The smallest absolute Gasteiger partial charge is 0.0806 e. The minimum atomic E-state index is 0.885. The van der Waals surface area contributed by atoms with Crippen LogP contribution >= 0.6 is 0 Å². The second-order valence-corrected chi connectivity index (χ2v) is 6.13. The van der Waals surface area contributed by atoms with Gasteiger partial charge in [0.1, 0.15) is 0 Å². The standard InChI is InChI=1S/C14H32N/c1-6-7-8-9-10-11-12-14(2)13-15(3,4)5/h14H,6-13H2,1-5H3/q+1. The van der Waals surface area contributed by atoms with Gasteiger partial charge in [0.15, 0.2) is 0 Å². The minimum absolute atomic E-state index is 0.885. The Hall–Kier alpha value is -0.0400. The van der Waals surface area contributed by atoms with Crippen LogP contribution in [-0.4, -0.2) is 32.2 Å². The van der Waals surface area contributed by atoms with E-state index < -0.39 is 0 Å². The van der Waals surface area contributed by atoms with E-state index >= 15 is 0 Å². The third-order valence-corrected chi connectivity index (χ3v) is 2.91. The average Bonchev–Trinajstić information content (AvgIpc) is 2.08. The molecule has 0 aliphatic rings. The molecule has 1 heteroatoms. The Morgan fingerprint density at radius 3 is 1.93 bits per heavy atom. The summed E-state index contributed by atoms with van der Waals surface area (Å²) in [4.78, 5) is 0. The summed E-state index contributed by atoms with van der Waals surface area (Å²) in [5, 5.41) is 0. The zero-order chi connectivity index (χ0) is 11.7. The van der Waals surface area contributed by atoms with Crippen molar-refractivity contribution in [1.29, 1.82) is 0 Å². The van der Waals surface area contributed by atoms with Gasteiger partial charge in [-0.1, -0.05) is 52.4 Å². The zero-order valence-electron chi connectivity index (χ0n) is 11.7. The Labute approximate surface area is 97.5 Å². The van der Waals surface area contributed by atoms with Gasteiger partial charge in [0.25, 0.3) is 0 Å². The van der Waals surface area contributed by atoms with Crippen molar-refractivity contribution in [2.45, 2.75) is 58.8 Å². The van der Waals surface area contributed by atoms with E-state index in [1.807, 2.05) is 0 Å². The summed E-state index contributed by atoms with van der Waals surface area (Å²) in [6.45, 7) is 5.99. The highest BCUT2D eigenvalue weighted by Crippen LogP contribution is 2.13. The van der Waals surface area contributed by atoms with Crippen molar-refractivity contribution in [3.63, 3.8) is 0 Å². The maximum atomic E-state index is 2.40. The zero-order valence-corrected chi connectivity index (χ0v) is 11.7. The Balaban J connectivity index is 3.28. The van der Waals surface area contributed by atoms with Gasteiger partial charge in [-0.25, -0.2) is 0 Å². The molecule has 0 heterocycles. The van der Waals surface area contributed by atoms with E-state index in [1.165, 1.54) is 51.5 Å².